The predicted octanol–water partition coefficient (Wildman–Crippen LogP) is 3.15. The highest BCUT2D eigenvalue weighted by Gasteiger charge is 2.23. The van der Waals surface area contributed by atoms with Crippen LogP contribution in [0.3, 0.4) is 0 Å². The maximum Gasteiger partial charge on any atom is 0.244 e. The Morgan fingerprint density at radius 3 is 2.58 bits per heavy atom. The summed E-state index contributed by atoms with van der Waals surface area (Å²) in [5.74, 6) is -1.95. The second kappa shape index (κ2) is 7.01. The van der Waals surface area contributed by atoms with Gasteiger partial charge in [-0.15, -0.1) is 0 Å². The fraction of sp³-hybridized carbons (Fsp3) is 0.455. The largest absolute Gasteiger partial charge is 0.244 e. The number of thioether (sulfide) groups is 1. The van der Waals surface area contributed by atoms with E-state index in [0.29, 0.717) is 17.7 Å². The Morgan fingerprint density at radius 2 is 2.05 bits per heavy atom. The van der Waals surface area contributed by atoms with Gasteiger partial charge in [0.1, 0.15) is 16.5 Å². The number of halogens is 3. The first-order valence-electron chi connectivity index (χ1n) is 5.45. The third-order valence-corrected chi connectivity index (χ3v) is 5.94. The molecule has 0 aliphatic rings. The minimum absolute atomic E-state index is 0.129. The van der Waals surface area contributed by atoms with Crippen LogP contribution < -0.4 is 4.72 Å². The molecule has 0 saturated heterocycles. The Hall–Kier alpha value is -0.180. The van der Waals surface area contributed by atoms with Crippen molar-refractivity contribution in [2.24, 2.45) is 0 Å². The monoisotopic (exact) mass is 373 g/mol. The fourth-order valence-electron chi connectivity index (χ4n) is 1.37. The summed E-state index contributed by atoms with van der Waals surface area (Å²) in [6, 6.07) is 1.46. The normalized spacial score (nSPS) is 13.5. The van der Waals surface area contributed by atoms with Crippen LogP contribution in [0.4, 0.5) is 8.78 Å². The Balaban J connectivity index is 2.89. The van der Waals surface area contributed by atoms with Gasteiger partial charge in [-0.3, -0.25) is 0 Å². The summed E-state index contributed by atoms with van der Waals surface area (Å²) >= 11 is 4.48. The summed E-state index contributed by atoms with van der Waals surface area (Å²) in [6.45, 7) is 2.17. The van der Waals surface area contributed by atoms with Gasteiger partial charge in [-0.05, 0) is 34.7 Å². The molecule has 0 heterocycles. The maximum atomic E-state index is 13.6. The molecule has 0 aromatic heterocycles. The highest BCUT2D eigenvalue weighted by molar-refractivity contribution is 9.10. The molecule has 1 N–H and O–H groups in total. The summed E-state index contributed by atoms with van der Waals surface area (Å²) in [7, 11) is -3.99. The van der Waals surface area contributed by atoms with E-state index in [-0.39, 0.29) is 11.0 Å². The molecule has 1 aromatic carbocycles. The van der Waals surface area contributed by atoms with E-state index in [2.05, 4.69) is 20.7 Å². The van der Waals surface area contributed by atoms with Gasteiger partial charge in [-0.1, -0.05) is 6.92 Å². The Bertz CT molecular complexity index is 529. The van der Waals surface area contributed by atoms with Gasteiger partial charge in [0.15, 0.2) is 0 Å². The number of nitrogens with one attached hydrogen (secondary N) is 1. The van der Waals surface area contributed by atoms with E-state index in [9.17, 15) is 17.2 Å². The van der Waals surface area contributed by atoms with E-state index in [1.807, 2.05) is 13.2 Å². The molecule has 0 spiro atoms. The van der Waals surface area contributed by atoms with Gasteiger partial charge in [0.05, 0.1) is 0 Å². The van der Waals surface area contributed by atoms with Crippen molar-refractivity contribution in [3.8, 4) is 0 Å². The Morgan fingerprint density at radius 1 is 1.42 bits per heavy atom. The SMILES string of the molecule is CSC(C)CCNS(=O)(=O)c1c(F)cc(F)cc1Br. The van der Waals surface area contributed by atoms with Crippen molar-refractivity contribution in [1.29, 1.82) is 0 Å². The number of benzene rings is 1. The predicted molar refractivity (Wildman–Crippen MR) is 76.8 cm³/mol. The van der Waals surface area contributed by atoms with Gasteiger partial charge in [0, 0.05) is 22.3 Å². The van der Waals surface area contributed by atoms with Crippen molar-refractivity contribution < 1.29 is 17.2 Å². The molecule has 3 nitrogen and oxygen atoms in total. The van der Waals surface area contributed by atoms with Gasteiger partial charge in [-0.25, -0.2) is 21.9 Å². The van der Waals surface area contributed by atoms with Gasteiger partial charge in [0.25, 0.3) is 0 Å². The van der Waals surface area contributed by atoms with Crippen LogP contribution in [0.2, 0.25) is 0 Å². The van der Waals surface area contributed by atoms with E-state index in [0.717, 1.165) is 6.07 Å². The third kappa shape index (κ3) is 4.70. The highest BCUT2D eigenvalue weighted by atomic mass is 79.9. The molecule has 19 heavy (non-hydrogen) atoms. The van der Waals surface area contributed by atoms with Crippen LogP contribution in [-0.2, 0) is 10.0 Å². The number of sulfonamides is 1. The van der Waals surface area contributed by atoms with Crippen molar-refractivity contribution in [3.63, 3.8) is 0 Å². The van der Waals surface area contributed by atoms with Crippen LogP contribution in [-0.4, -0.2) is 26.5 Å². The first kappa shape index (κ1) is 16.9. The van der Waals surface area contributed by atoms with Crippen LogP contribution in [0.1, 0.15) is 13.3 Å². The number of hydrogen-bond acceptors (Lipinski definition) is 3. The first-order chi connectivity index (χ1) is 8.77. The Labute approximate surface area is 124 Å². The van der Waals surface area contributed by atoms with Gasteiger partial charge >= 0.3 is 0 Å². The smallest absolute Gasteiger partial charge is 0.211 e. The molecule has 0 amide bonds. The van der Waals surface area contributed by atoms with Gasteiger partial charge in [-0.2, -0.15) is 11.8 Å². The summed E-state index contributed by atoms with van der Waals surface area (Å²) in [5, 5.41) is 0.296. The molecule has 0 bridgehead atoms. The molecular weight excluding hydrogens is 360 g/mol. The summed E-state index contributed by atoms with van der Waals surface area (Å²) in [6.07, 6.45) is 2.55. The van der Waals surface area contributed by atoms with Gasteiger partial charge in [0.2, 0.25) is 10.0 Å². The van der Waals surface area contributed by atoms with Crippen molar-refractivity contribution in [2.75, 3.05) is 12.8 Å². The van der Waals surface area contributed by atoms with E-state index in [1.54, 1.807) is 11.8 Å². The minimum Gasteiger partial charge on any atom is -0.211 e. The molecule has 1 aromatic rings. The van der Waals surface area contributed by atoms with E-state index in [1.165, 1.54) is 0 Å². The van der Waals surface area contributed by atoms with Crippen LogP contribution >= 0.6 is 27.7 Å². The number of rotatable bonds is 6. The topological polar surface area (TPSA) is 46.2 Å². The second-order valence-corrected chi connectivity index (χ2v) is 7.77. The molecule has 1 rings (SSSR count). The lowest BCUT2D eigenvalue weighted by Gasteiger charge is -2.11. The van der Waals surface area contributed by atoms with Crippen LogP contribution in [0.5, 0.6) is 0 Å². The molecule has 0 radical (unpaired) electrons. The fourth-order valence-corrected chi connectivity index (χ4v) is 3.94. The molecule has 1 atom stereocenters. The zero-order chi connectivity index (χ0) is 14.6. The molecule has 8 heteroatoms. The lowest BCUT2D eigenvalue weighted by atomic mass is 10.3. The molecular formula is C11H14BrF2NO2S2. The zero-order valence-electron chi connectivity index (χ0n) is 10.4. The minimum atomic E-state index is -3.99. The molecule has 0 saturated carbocycles. The van der Waals surface area contributed by atoms with Crippen molar-refractivity contribution >= 4 is 37.7 Å². The standard InChI is InChI=1S/C11H14BrF2NO2S2/c1-7(18-2)3-4-15-19(16,17)11-9(12)5-8(13)6-10(11)14/h5-7,15H,3-4H2,1-2H3. The highest BCUT2D eigenvalue weighted by Crippen LogP contribution is 2.26. The van der Waals surface area contributed by atoms with Crippen molar-refractivity contribution in [2.45, 2.75) is 23.5 Å². The van der Waals surface area contributed by atoms with Crippen molar-refractivity contribution in [1.82, 2.24) is 4.72 Å². The van der Waals surface area contributed by atoms with Gasteiger partial charge < -0.3 is 0 Å². The van der Waals surface area contributed by atoms with E-state index < -0.39 is 26.6 Å². The molecule has 1 unspecified atom stereocenters. The van der Waals surface area contributed by atoms with E-state index in [4.69, 9.17) is 0 Å². The first-order valence-corrected chi connectivity index (χ1v) is 9.01. The average Bonchev–Trinajstić information content (AvgIpc) is 2.26. The Kier molecular flexibility index (Phi) is 6.22. The van der Waals surface area contributed by atoms with Crippen LogP contribution in [0, 0.1) is 11.6 Å². The number of hydrogen-bond donors (Lipinski definition) is 1. The molecule has 108 valence electrons. The summed E-state index contributed by atoms with van der Waals surface area (Å²) in [4.78, 5) is -0.564. The molecule has 0 aliphatic heterocycles. The lowest BCUT2D eigenvalue weighted by Crippen LogP contribution is -2.27. The lowest BCUT2D eigenvalue weighted by molar-refractivity contribution is 0.540. The van der Waals surface area contributed by atoms with Crippen molar-refractivity contribution in [3.05, 3.63) is 28.2 Å². The van der Waals surface area contributed by atoms with E-state index >= 15 is 0 Å². The summed E-state index contributed by atoms with van der Waals surface area (Å²) < 4.78 is 52.5. The zero-order valence-corrected chi connectivity index (χ0v) is 13.6. The second-order valence-electron chi connectivity index (χ2n) is 3.93. The maximum absolute atomic E-state index is 13.6. The molecule has 0 fully saturated rings. The van der Waals surface area contributed by atoms with Crippen LogP contribution in [0.25, 0.3) is 0 Å². The quantitative estimate of drug-likeness (QED) is 0.832. The summed E-state index contributed by atoms with van der Waals surface area (Å²) in [5.41, 5.74) is 0. The molecule has 0 aliphatic carbocycles. The third-order valence-electron chi connectivity index (χ3n) is 2.48. The van der Waals surface area contributed by atoms with Crippen LogP contribution in [0.15, 0.2) is 21.5 Å². The average molecular weight is 374 g/mol.